The van der Waals surface area contributed by atoms with Gasteiger partial charge in [-0.15, -0.1) is 0 Å². The van der Waals surface area contributed by atoms with Crippen LogP contribution in [0.25, 0.3) is 0 Å². The normalized spacial score (nSPS) is 47.6. The molecule has 4 saturated carbocycles. The van der Waals surface area contributed by atoms with Crippen molar-refractivity contribution < 1.29 is 19.8 Å². The molecular weight excluding hydrogens is 352 g/mol. The van der Waals surface area contributed by atoms with E-state index in [0.29, 0.717) is 41.3 Å². The summed E-state index contributed by atoms with van der Waals surface area (Å²) in [5, 5.41) is 19.0. The predicted molar refractivity (Wildman–Crippen MR) is 108 cm³/mol. The van der Waals surface area contributed by atoms with Crippen LogP contribution in [0.4, 0.5) is 0 Å². The van der Waals surface area contributed by atoms with Gasteiger partial charge >= 0.3 is 5.97 Å². The minimum Gasteiger partial charge on any atom is -0.479 e. The number of carboxylic acids is 1. The lowest BCUT2D eigenvalue weighted by atomic mass is 9.44. The van der Waals surface area contributed by atoms with E-state index in [1.54, 1.807) is 0 Å². The molecular formula is C24H38O4. The first-order chi connectivity index (χ1) is 13.2. The van der Waals surface area contributed by atoms with E-state index in [4.69, 9.17) is 5.11 Å². The summed E-state index contributed by atoms with van der Waals surface area (Å²) < 4.78 is 0. The van der Waals surface area contributed by atoms with Gasteiger partial charge in [-0.1, -0.05) is 33.6 Å². The maximum Gasteiger partial charge on any atom is 0.332 e. The maximum absolute atomic E-state index is 13.3. The van der Waals surface area contributed by atoms with Gasteiger partial charge in [-0.3, -0.25) is 4.79 Å². The molecule has 0 aromatic carbocycles. The van der Waals surface area contributed by atoms with Gasteiger partial charge in [0, 0.05) is 12.3 Å². The zero-order chi connectivity index (χ0) is 20.3. The third-order valence-corrected chi connectivity index (χ3v) is 10.0. The number of fused-ring (bicyclic) bond motifs is 5. The number of rotatable bonds is 4. The van der Waals surface area contributed by atoms with Crippen molar-refractivity contribution >= 4 is 11.8 Å². The van der Waals surface area contributed by atoms with Crippen LogP contribution in [0, 0.1) is 46.3 Å². The molecule has 2 unspecified atom stereocenters. The number of ketones is 1. The second kappa shape index (κ2) is 7.11. The molecule has 9 atom stereocenters. The molecule has 0 heterocycles. The fourth-order valence-electron chi connectivity index (χ4n) is 8.55. The molecule has 0 spiro atoms. The molecule has 4 aliphatic carbocycles. The molecule has 4 heteroatoms. The summed E-state index contributed by atoms with van der Waals surface area (Å²) >= 11 is 0. The number of aliphatic carboxylic acids is 1. The van der Waals surface area contributed by atoms with Gasteiger partial charge in [-0.25, -0.2) is 4.79 Å². The lowest BCUT2D eigenvalue weighted by Crippen LogP contribution is -2.56. The van der Waals surface area contributed by atoms with Gasteiger partial charge in [-0.05, 0) is 85.4 Å². The Hall–Kier alpha value is -0.900. The SMILES string of the molecule is C[C@H](CC(O)C(=O)O)[C@H]1CC[C@H]2[C@@H]3C(=O)CC4CCCC[C@]4(C)[C@H]3CC[C@]12C. The van der Waals surface area contributed by atoms with E-state index >= 15 is 0 Å². The fourth-order valence-corrected chi connectivity index (χ4v) is 8.55. The molecule has 0 aromatic heterocycles. The molecule has 4 nitrogen and oxygen atoms in total. The number of carbonyl (C=O) groups is 2. The lowest BCUT2D eigenvalue weighted by Gasteiger charge is -2.60. The van der Waals surface area contributed by atoms with Crippen molar-refractivity contribution in [3.8, 4) is 0 Å². The topological polar surface area (TPSA) is 74.6 Å². The van der Waals surface area contributed by atoms with Crippen molar-refractivity contribution in [1.82, 2.24) is 0 Å². The quantitative estimate of drug-likeness (QED) is 0.730. The molecule has 0 saturated heterocycles. The molecule has 0 aliphatic heterocycles. The van der Waals surface area contributed by atoms with E-state index in [2.05, 4.69) is 20.8 Å². The number of carbonyl (C=O) groups excluding carboxylic acids is 1. The van der Waals surface area contributed by atoms with E-state index in [0.717, 1.165) is 32.1 Å². The number of aliphatic hydroxyl groups is 1. The van der Waals surface area contributed by atoms with Crippen LogP contribution in [0.3, 0.4) is 0 Å². The Balaban J connectivity index is 1.57. The van der Waals surface area contributed by atoms with E-state index in [9.17, 15) is 14.7 Å². The second-order valence-corrected chi connectivity index (χ2v) is 11.2. The van der Waals surface area contributed by atoms with Crippen LogP contribution in [-0.4, -0.2) is 28.1 Å². The summed E-state index contributed by atoms with van der Waals surface area (Å²) in [5.74, 6) is 1.83. The predicted octanol–water partition coefficient (Wildman–Crippen LogP) is 4.69. The fraction of sp³-hybridized carbons (Fsp3) is 0.917. The third-order valence-electron chi connectivity index (χ3n) is 10.0. The molecule has 0 radical (unpaired) electrons. The Morgan fingerprint density at radius 2 is 1.79 bits per heavy atom. The summed E-state index contributed by atoms with van der Waals surface area (Å²) in [4.78, 5) is 24.5. The Bertz CT molecular complexity index is 645. The van der Waals surface area contributed by atoms with Crippen molar-refractivity contribution in [3.63, 3.8) is 0 Å². The molecule has 28 heavy (non-hydrogen) atoms. The summed E-state index contributed by atoms with van der Waals surface area (Å²) in [5.41, 5.74) is 0.466. The van der Waals surface area contributed by atoms with Crippen molar-refractivity contribution in [3.05, 3.63) is 0 Å². The largest absolute Gasteiger partial charge is 0.479 e. The van der Waals surface area contributed by atoms with Gasteiger partial charge in [-0.2, -0.15) is 0 Å². The molecule has 0 aromatic rings. The van der Waals surface area contributed by atoms with Crippen LogP contribution >= 0.6 is 0 Å². The molecule has 0 amide bonds. The molecule has 4 aliphatic rings. The Labute approximate surface area is 169 Å². The minimum atomic E-state index is -1.27. The zero-order valence-corrected chi connectivity index (χ0v) is 17.8. The first-order valence-corrected chi connectivity index (χ1v) is 11.6. The van der Waals surface area contributed by atoms with Crippen LogP contribution in [0.15, 0.2) is 0 Å². The monoisotopic (exact) mass is 390 g/mol. The molecule has 4 rings (SSSR count). The van der Waals surface area contributed by atoms with Crippen molar-refractivity contribution in [2.45, 2.75) is 91.1 Å². The minimum absolute atomic E-state index is 0.117. The summed E-state index contributed by atoms with van der Waals surface area (Å²) in [6, 6.07) is 0. The van der Waals surface area contributed by atoms with Gasteiger partial charge in [0.25, 0.3) is 0 Å². The van der Waals surface area contributed by atoms with Gasteiger partial charge in [0.15, 0.2) is 6.10 Å². The number of aliphatic hydroxyl groups excluding tert-OH is 1. The first kappa shape index (κ1) is 20.4. The van der Waals surface area contributed by atoms with E-state index < -0.39 is 12.1 Å². The molecule has 2 N–H and O–H groups in total. The standard InChI is InChI=1S/C24H38O4/c1-14(12-20(26)22(27)28)16-7-8-17-21-18(9-11-24(16,17)3)23(2)10-5-4-6-15(23)13-19(21)25/h14-18,20-21,26H,4-13H2,1-3H3,(H,27,28)/t14-,15?,16-,17+,18+,20?,21+,23+,24-/m1/s1. The van der Waals surface area contributed by atoms with Crippen LogP contribution in [0.1, 0.15) is 85.0 Å². The summed E-state index contributed by atoms with van der Waals surface area (Å²) in [6.07, 6.45) is 9.47. The van der Waals surface area contributed by atoms with Gasteiger partial charge < -0.3 is 10.2 Å². The lowest BCUT2D eigenvalue weighted by molar-refractivity contribution is -0.157. The highest BCUT2D eigenvalue weighted by atomic mass is 16.4. The Morgan fingerprint density at radius 1 is 1.07 bits per heavy atom. The molecule has 0 bridgehead atoms. The molecule has 158 valence electrons. The zero-order valence-electron chi connectivity index (χ0n) is 17.8. The number of hydrogen-bond donors (Lipinski definition) is 2. The van der Waals surface area contributed by atoms with Gasteiger partial charge in [0.05, 0.1) is 0 Å². The maximum atomic E-state index is 13.3. The average molecular weight is 391 g/mol. The van der Waals surface area contributed by atoms with Crippen LogP contribution in [0.2, 0.25) is 0 Å². The summed E-state index contributed by atoms with van der Waals surface area (Å²) in [7, 11) is 0. The second-order valence-electron chi connectivity index (χ2n) is 11.2. The van der Waals surface area contributed by atoms with E-state index in [1.807, 2.05) is 0 Å². The van der Waals surface area contributed by atoms with Crippen molar-refractivity contribution in [1.29, 1.82) is 0 Å². The van der Waals surface area contributed by atoms with Crippen LogP contribution in [0.5, 0.6) is 0 Å². The van der Waals surface area contributed by atoms with Crippen LogP contribution in [-0.2, 0) is 9.59 Å². The number of hydrogen-bond acceptors (Lipinski definition) is 3. The molecule has 4 fully saturated rings. The average Bonchev–Trinajstić information content (AvgIpc) is 2.99. The van der Waals surface area contributed by atoms with Gasteiger partial charge in [0.2, 0.25) is 0 Å². The third kappa shape index (κ3) is 2.97. The Kier molecular flexibility index (Phi) is 5.17. The Morgan fingerprint density at radius 3 is 2.50 bits per heavy atom. The summed E-state index contributed by atoms with van der Waals surface area (Å²) in [6.45, 7) is 6.97. The van der Waals surface area contributed by atoms with Crippen LogP contribution < -0.4 is 0 Å². The van der Waals surface area contributed by atoms with Crippen molar-refractivity contribution in [2.75, 3.05) is 0 Å². The van der Waals surface area contributed by atoms with E-state index in [-0.39, 0.29) is 17.3 Å². The highest BCUT2D eigenvalue weighted by Gasteiger charge is 2.62. The smallest absolute Gasteiger partial charge is 0.332 e. The highest BCUT2D eigenvalue weighted by molar-refractivity contribution is 5.83. The van der Waals surface area contributed by atoms with E-state index in [1.165, 1.54) is 25.7 Å². The van der Waals surface area contributed by atoms with Crippen molar-refractivity contribution in [2.24, 2.45) is 46.3 Å². The first-order valence-electron chi connectivity index (χ1n) is 11.6. The highest BCUT2D eigenvalue weighted by Crippen LogP contribution is 2.67. The number of carboxylic acid groups (broad SMARTS) is 1. The number of Topliss-reactive ketones (excluding diaryl/α,β-unsaturated/α-hetero) is 1. The van der Waals surface area contributed by atoms with Gasteiger partial charge in [0.1, 0.15) is 5.78 Å².